The average molecular weight is 332 g/mol. The fourth-order valence-corrected chi connectivity index (χ4v) is 2.04. The molecule has 0 saturated heterocycles. The molecule has 4 N–H and O–H groups in total. The first kappa shape index (κ1) is 16.5. The summed E-state index contributed by atoms with van der Waals surface area (Å²) in [6, 6.07) is 10.8. The molecule has 0 radical (unpaired) electrons. The van der Waals surface area contributed by atoms with Crippen LogP contribution in [-0.4, -0.2) is 17.7 Å². The second-order valence-electron chi connectivity index (χ2n) is 4.82. The SMILES string of the molecule is Cc1cc(Cl)ccc1NC(=O)C(=O)NC(=O)c1ccc(N)cc1. The van der Waals surface area contributed by atoms with Crippen molar-refractivity contribution in [2.45, 2.75) is 6.92 Å². The fourth-order valence-electron chi connectivity index (χ4n) is 1.81. The van der Waals surface area contributed by atoms with Crippen LogP contribution in [0.1, 0.15) is 15.9 Å². The van der Waals surface area contributed by atoms with Crippen LogP contribution in [0, 0.1) is 6.92 Å². The zero-order valence-electron chi connectivity index (χ0n) is 12.2. The van der Waals surface area contributed by atoms with E-state index in [0.29, 0.717) is 22.0 Å². The predicted octanol–water partition coefficient (Wildman–Crippen LogP) is 2.13. The summed E-state index contributed by atoms with van der Waals surface area (Å²) >= 11 is 5.82. The number of anilines is 2. The maximum atomic E-state index is 11.9. The number of amides is 3. The Hall–Kier alpha value is -2.86. The highest BCUT2D eigenvalue weighted by molar-refractivity contribution is 6.42. The van der Waals surface area contributed by atoms with Gasteiger partial charge in [0.1, 0.15) is 0 Å². The lowest BCUT2D eigenvalue weighted by atomic mass is 10.2. The van der Waals surface area contributed by atoms with E-state index in [4.69, 9.17) is 17.3 Å². The van der Waals surface area contributed by atoms with Gasteiger partial charge in [-0.1, -0.05) is 11.6 Å². The lowest BCUT2D eigenvalue weighted by Gasteiger charge is -2.08. The van der Waals surface area contributed by atoms with Crippen LogP contribution in [0.25, 0.3) is 0 Å². The third-order valence-electron chi connectivity index (χ3n) is 3.04. The number of hydrogen-bond donors (Lipinski definition) is 3. The molecule has 3 amide bonds. The van der Waals surface area contributed by atoms with Crippen molar-refractivity contribution in [3.63, 3.8) is 0 Å². The molecule has 0 aliphatic rings. The second-order valence-corrected chi connectivity index (χ2v) is 5.26. The summed E-state index contributed by atoms with van der Waals surface area (Å²) in [5, 5.41) is 4.95. The highest BCUT2D eigenvalue weighted by atomic mass is 35.5. The minimum atomic E-state index is -1.05. The first-order valence-corrected chi connectivity index (χ1v) is 7.03. The summed E-state index contributed by atoms with van der Waals surface area (Å²) in [6.07, 6.45) is 0. The first-order chi connectivity index (χ1) is 10.9. The molecule has 2 aromatic rings. The number of nitrogens with one attached hydrogen (secondary N) is 2. The van der Waals surface area contributed by atoms with E-state index in [-0.39, 0.29) is 5.56 Å². The van der Waals surface area contributed by atoms with Gasteiger partial charge in [-0.3, -0.25) is 19.7 Å². The molecule has 0 aliphatic heterocycles. The quantitative estimate of drug-likeness (QED) is 0.579. The van der Waals surface area contributed by atoms with Gasteiger partial charge < -0.3 is 11.1 Å². The van der Waals surface area contributed by atoms with Crippen LogP contribution in [0.15, 0.2) is 42.5 Å². The minimum Gasteiger partial charge on any atom is -0.399 e. The third-order valence-corrected chi connectivity index (χ3v) is 3.28. The summed E-state index contributed by atoms with van der Waals surface area (Å²) in [4.78, 5) is 35.5. The minimum absolute atomic E-state index is 0.225. The van der Waals surface area contributed by atoms with Gasteiger partial charge in [-0.25, -0.2) is 0 Å². The fraction of sp³-hybridized carbons (Fsp3) is 0.0625. The summed E-state index contributed by atoms with van der Waals surface area (Å²) in [5.41, 5.74) is 7.37. The van der Waals surface area contributed by atoms with Crippen LogP contribution in [0.3, 0.4) is 0 Å². The maximum absolute atomic E-state index is 11.9. The van der Waals surface area contributed by atoms with Crippen LogP contribution in [0.5, 0.6) is 0 Å². The molecule has 0 aliphatic carbocycles. The van der Waals surface area contributed by atoms with E-state index in [1.54, 1.807) is 25.1 Å². The van der Waals surface area contributed by atoms with Crippen molar-refractivity contribution in [2.24, 2.45) is 0 Å². The molecule has 23 heavy (non-hydrogen) atoms. The number of halogens is 1. The third kappa shape index (κ3) is 4.31. The lowest BCUT2D eigenvalue weighted by molar-refractivity contribution is -0.135. The number of carbonyl (C=O) groups excluding carboxylic acids is 3. The molecule has 2 aromatic carbocycles. The van der Waals surface area contributed by atoms with Crippen molar-refractivity contribution in [1.82, 2.24) is 5.32 Å². The molecule has 2 rings (SSSR count). The Morgan fingerprint density at radius 2 is 1.65 bits per heavy atom. The Labute approximate surface area is 137 Å². The monoisotopic (exact) mass is 331 g/mol. The molecular formula is C16H14ClN3O3. The number of nitrogens with two attached hydrogens (primary N) is 1. The Morgan fingerprint density at radius 3 is 2.26 bits per heavy atom. The molecule has 0 atom stereocenters. The number of aryl methyl sites for hydroxylation is 1. The highest BCUT2D eigenvalue weighted by Gasteiger charge is 2.18. The molecule has 0 fully saturated rings. The van der Waals surface area contributed by atoms with Crippen molar-refractivity contribution in [2.75, 3.05) is 11.1 Å². The number of nitrogen functional groups attached to an aromatic ring is 1. The number of rotatable bonds is 2. The van der Waals surface area contributed by atoms with Gasteiger partial charge in [0.15, 0.2) is 0 Å². The summed E-state index contributed by atoms with van der Waals surface area (Å²) < 4.78 is 0. The van der Waals surface area contributed by atoms with E-state index < -0.39 is 17.7 Å². The Morgan fingerprint density at radius 1 is 1.00 bits per heavy atom. The van der Waals surface area contributed by atoms with Crippen LogP contribution >= 0.6 is 11.6 Å². The summed E-state index contributed by atoms with van der Waals surface area (Å²) in [7, 11) is 0. The largest absolute Gasteiger partial charge is 0.399 e. The van der Waals surface area contributed by atoms with Crippen molar-refractivity contribution in [3.05, 3.63) is 58.6 Å². The average Bonchev–Trinajstić information content (AvgIpc) is 2.50. The standard InChI is InChI=1S/C16H14ClN3O3/c1-9-8-11(17)4-7-13(9)19-15(22)16(23)20-14(21)10-2-5-12(18)6-3-10/h2-8H,18H2,1H3,(H,19,22)(H,20,21,23). The summed E-state index contributed by atoms with van der Waals surface area (Å²) in [6.45, 7) is 1.74. The van der Waals surface area contributed by atoms with Crippen molar-refractivity contribution in [1.29, 1.82) is 0 Å². The van der Waals surface area contributed by atoms with Gasteiger partial charge >= 0.3 is 11.8 Å². The van der Waals surface area contributed by atoms with Gasteiger partial charge in [0.2, 0.25) is 0 Å². The molecule has 0 spiro atoms. The number of benzene rings is 2. The van der Waals surface area contributed by atoms with Gasteiger partial charge in [0.05, 0.1) is 0 Å². The predicted molar refractivity (Wildman–Crippen MR) is 88.1 cm³/mol. The van der Waals surface area contributed by atoms with E-state index in [2.05, 4.69) is 5.32 Å². The molecule has 0 heterocycles. The first-order valence-electron chi connectivity index (χ1n) is 6.65. The maximum Gasteiger partial charge on any atom is 0.316 e. The van der Waals surface area contributed by atoms with Gasteiger partial charge in [-0.15, -0.1) is 0 Å². The van der Waals surface area contributed by atoms with Gasteiger partial charge in [0.25, 0.3) is 5.91 Å². The Balaban J connectivity index is 2.01. The molecule has 0 unspecified atom stereocenters. The smallest absolute Gasteiger partial charge is 0.316 e. The van der Waals surface area contributed by atoms with Crippen LogP contribution < -0.4 is 16.4 Å². The van der Waals surface area contributed by atoms with Crippen LogP contribution in [-0.2, 0) is 9.59 Å². The topological polar surface area (TPSA) is 101 Å². The Kier molecular flexibility index (Phi) is 4.98. The van der Waals surface area contributed by atoms with Gasteiger partial charge in [-0.05, 0) is 55.0 Å². The molecule has 0 aromatic heterocycles. The number of carbonyl (C=O) groups is 3. The molecular weight excluding hydrogens is 318 g/mol. The summed E-state index contributed by atoms with van der Waals surface area (Å²) in [5.74, 6) is -2.68. The molecule has 7 heteroatoms. The highest BCUT2D eigenvalue weighted by Crippen LogP contribution is 2.19. The number of imide groups is 1. The van der Waals surface area contributed by atoms with Gasteiger partial charge in [0, 0.05) is 22.0 Å². The van der Waals surface area contributed by atoms with E-state index >= 15 is 0 Å². The van der Waals surface area contributed by atoms with Gasteiger partial charge in [-0.2, -0.15) is 0 Å². The lowest BCUT2D eigenvalue weighted by Crippen LogP contribution is -2.39. The van der Waals surface area contributed by atoms with E-state index in [9.17, 15) is 14.4 Å². The zero-order valence-corrected chi connectivity index (χ0v) is 13.0. The zero-order chi connectivity index (χ0) is 17.0. The van der Waals surface area contributed by atoms with E-state index in [1.807, 2.05) is 5.32 Å². The normalized spacial score (nSPS) is 10.0. The van der Waals surface area contributed by atoms with Crippen molar-refractivity contribution in [3.8, 4) is 0 Å². The van der Waals surface area contributed by atoms with E-state index in [1.165, 1.54) is 24.3 Å². The molecule has 0 saturated carbocycles. The number of hydrogen-bond acceptors (Lipinski definition) is 4. The van der Waals surface area contributed by atoms with Crippen molar-refractivity contribution < 1.29 is 14.4 Å². The molecule has 0 bridgehead atoms. The molecule has 6 nitrogen and oxygen atoms in total. The van der Waals surface area contributed by atoms with Crippen LogP contribution in [0.4, 0.5) is 11.4 Å². The molecule has 118 valence electrons. The van der Waals surface area contributed by atoms with Crippen LogP contribution in [0.2, 0.25) is 5.02 Å². The van der Waals surface area contributed by atoms with E-state index in [0.717, 1.165) is 0 Å². The second kappa shape index (κ2) is 6.93. The van der Waals surface area contributed by atoms with Crippen molar-refractivity contribution >= 4 is 40.7 Å². The Bertz CT molecular complexity index is 773.